The van der Waals surface area contributed by atoms with E-state index in [-0.39, 0.29) is 11.4 Å². The third kappa shape index (κ3) is 2.50. The van der Waals surface area contributed by atoms with Crippen molar-refractivity contribution in [1.29, 1.82) is 0 Å². The van der Waals surface area contributed by atoms with Gasteiger partial charge < -0.3 is 10.0 Å². The monoisotopic (exact) mass is 298 g/mol. The van der Waals surface area contributed by atoms with Gasteiger partial charge in [-0.05, 0) is 31.1 Å². The van der Waals surface area contributed by atoms with E-state index in [9.17, 15) is 14.7 Å². The lowest BCUT2D eigenvalue weighted by Crippen LogP contribution is -2.51. The smallest absolute Gasteiger partial charge is 0.327 e. The van der Waals surface area contributed by atoms with Crippen LogP contribution in [0.3, 0.4) is 0 Å². The fourth-order valence-electron chi connectivity index (χ4n) is 3.21. The Bertz CT molecular complexity index is 413. The molecule has 2 saturated heterocycles. The summed E-state index contributed by atoms with van der Waals surface area (Å²) in [4.78, 5) is 27.7. The number of urea groups is 1. The van der Waals surface area contributed by atoms with Crippen molar-refractivity contribution in [3.05, 3.63) is 0 Å². The molecule has 3 atom stereocenters. The Balaban J connectivity index is 1.73. The van der Waals surface area contributed by atoms with E-state index in [1.54, 1.807) is 16.7 Å². The van der Waals surface area contributed by atoms with Crippen molar-refractivity contribution in [2.75, 3.05) is 18.8 Å². The maximum Gasteiger partial charge on any atom is 0.327 e. The number of carbonyl (C=O) groups is 2. The highest BCUT2D eigenvalue weighted by atomic mass is 32.2. The molecule has 3 aliphatic rings. The van der Waals surface area contributed by atoms with Gasteiger partial charge >= 0.3 is 12.0 Å². The average molecular weight is 298 g/mol. The number of carbonyl (C=O) groups excluding carboxylic acids is 1. The Labute approximate surface area is 123 Å². The van der Waals surface area contributed by atoms with Gasteiger partial charge in [0.05, 0.1) is 5.37 Å². The van der Waals surface area contributed by atoms with E-state index in [0.29, 0.717) is 17.6 Å². The van der Waals surface area contributed by atoms with Crippen LogP contribution in [0, 0.1) is 11.8 Å². The first-order chi connectivity index (χ1) is 9.61. The number of thioether (sulfide) groups is 1. The van der Waals surface area contributed by atoms with E-state index in [2.05, 4.69) is 6.92 Å². The molecule has 3 fully saturated rings. The van der Waals surface area contributed by atoms with Gasteiger partial charge in [-0.25, -0.2) is 9.59 Å². The molecule has 0 aromatic carbocycles. The second-order valence-corrected chi connectivity index (χ2v) is 7.26. The van der Waals surface area contributed by atoms with Gasteiger partial charge in [-0.15, -0.1) is 11.8 Å². The molecule has 5 nitrogen and oxygen atoms in total. The van der Waals surface area contributed by atoms with Gasteiger partial charge in [0.25, 0.3) is 0 Å². The number of aliphatic carboxylic acids is 1. The molecule has 20 heavy (non-hydrogen) atoms. The SMILES string of the molecule is CCC1CCN(C(=O)N2C(C(=O)O)CSC2C2CC2)C1. The number of likely N-dealkylation sites (tertiary alicyclic amines) is 1. The molecule has 2 aliphatic heterocycles. The molecule has 0 spiro atoms. The van der Waals surface area contributed by atoms with E-state index in [1.807, 2.05) is 4.90 Å². The van der Waals surface area contributed by atoms with E-state index < -0.39 is 12.0 Å². The lowest BCUT2D eigenvalue weighted by molar-refractivity contribution is -0.141. The first-order valence-electron chi connectivity index (χ1n) is 7.53. The summed E-state index contributed by atoms with van der Waals surface area (Å²) in [6.07, 6.45) is 4.40. The fourth-order valence-corrected chi connectivity index (χ4v) is 4.83. The van der Waals surface area contributed by atoms with Crippen LogP contribution in [0.4, 0.5) is 4.79 Å². The highest BCUT2D eigenvalue weighted by Crippen LogP contribution is 2.46. The predicted molar refractivity (Wildman–Crippen MR) is 77.6 cm³/mol. The molecule has 3 rings (SSSR count). The van der Waals surface area contributed by atoms with Crippen LogP contribution < -0.4 is 0 Å². The molecule has 1 saturated carbocycles. The minimum Gasteiger partial charge on any atom is -0.480 e. The van der Waals surface area contributed by atoms with Crippen LogP contribution in [0.1, 0.15) is 32.6 Å². The Kier molecular flexibility index (Phi) is 3.84. The summed E-state index contributed by atoms with van der Waals surface area (Å²) in [6.45, 7) is 3.72. The Morgan fingerprint density at radius 1 is 1.30 bits per heavy atom. The van der Waals surface area contributed by atoms with Gasteiger partial charge in [0.2, 0.25) is 0 Å². The molecule has 1 N–H and O–H groups in total. The molecular weight excluding hydrogens is 276 g/mol. The molecule has 3 unspecified atom stereocenters. The first kappa shape index (κ1) is 14.0. The number of carboxylic acid groups (broad SMARTS) is 1. The highest BCUT2D eigenvalue weighted by molar-refractivity contribution is 8.00. The van der Waals surface area contributed by atoms with Crippen molar-refractivity contribution >= 4 is 23.8 Å². The van der Waals surface area contributed by atoms with E-state index in [4.69, 9.17) is 0 Å². The number of hydrogen-bond acceptors (Lipinski definition) is 3. The zero-order valence-corrected chi connectivity index (χ0v) is 12.6. The van der Waals surface area contributed by atoms with Gasteiger partial charge in [-0.1, -0.05) is 13.3 Å². The first-order valence-corrected chi connectivity index (χ1v) is 8.58. The molecule has 1 aliphatic carbocycles. The van der Waals surface area contributed by atoms with E-state index in [0.717, 1.165) is 38.8 Å². The maximum absolute atomic E-state index is 12.7. The lowest BCUT2D eigenvalue weighted by atomic mass is 10.1. The zero-order valence-electron chi connectivity index (χ0n) is 11.8. The molecule has 2 amide bonds. The number of hydrogen-bond donors (Lipinski definition) is 1. The van der Waals surface area contributed by atoms with Crippen molar-refractivity contribution in [3.8, 4) is 0 Å². The maximum atomic E-state index is 12.7. The summed E-state index contributed by atoms with van der Waals surface area (Å²) in [6, 6.07) is -0.686. The van der Waals surface area contributed by atoms with Gasteiger partial charge in [0, 0.05) is 18.8 Å². The highest BCUT2D eigenvalue weighted by Gasteiger charge is 2.49. The number of nitrogens with zero attached hydrogens (tertiary/aromatic N) is 2. The third-order valence-corrected chi connectivity index (χ3v) is 6.16. The van der Waals surface area contributed by atoms with Crippen molar-refractivity contribution in [1.82, 2.24) is 9.80 Å². The van der Waals surface area contributed by atoms with Gasteiger partial charge in [0.15, 0.2) is 0 Å². The number of rotatable bonds is 3. The second kappa shape index (κ2) is 5.47. The Morgan fingerprint density at radius 2 is 2.05 bits per heavy atom. The molecule has 0 radical (unpaired) electrons. The zero-order chi connectivity index (χ0) is 14.3. The van der Waals surface area contributed by atoms with Crippen LogP contribution in [0.2, 0.25) is 0 Å². The van der Waals surface area contributed by atoms with Crippen molar-refractivity contribution in [2.45, 2.75) is 44.0 Å². The minimum absolute atomic E-state index is 0.0461. The third-order valence-electron chi connectivity index (χ3n) is 4.70. The molecule has 6 heteroatoms. The summed E-state index contributed by atoms with van der Waals surface area (Å²) in [5.41, 5.74) is 0. The molecular formula is C14H22N2O3S. The summed E-state index contributed by atoms with van der Waals surface area (Å²) in [5.74, 6) is 0.766. The van der Waals surface area contributed by atoms with Crippen LogP contribution >= 0.6 is 11.8 Å². The topological polar surface area (TPSA) is 60.9 Å². The van der Waals surface area contributed by atoms with Crippen molar-refractivity contribution in [3.63, 3.8) is 0 Å². The van der Waals surface area contributed by atoms with Crippen LogP contribution in [0.25, 0.3) is 0 Å². The van der Waals surface area contributed by atoms with Crippen molar-refractivity contribution in [2.24, 2.45) is 11.8 Å². The molecule has 0 aromatic rings. The van der Waals surface area contributed by atoms with Crippen LogP contribution in [-0.2, 0) is 4.79 Å². The van der Waals surface area contributed by atoms with Crippen LogP contribution in [0.15, 0.2) is 0 Å². The number of carboxylic acids is 1. The lowest BCUT2D eigenvalue weighted by Gasteiger charge is -2.31. The Morgan fingerprint density at radius 3 is 2.60 bits per heavy atom. The fraction of sp³-hybridized carbons (Fsp3) is 0.857. The summed E-state index contributed by atoms with van der Waals surface area (Å²) >= 11 is 1.65. The van der Waals surface area contributed by atoms with Gasteiger partial charge in [0.1, 0.15) is 6.04 Å². The molecule has 0 aromatic heterocycles. The number of amides is 2. The normalized spacial score (nSPS) is 33.8. The largest absolute Gasteiger partial charge is 0.480 e. The van der Waals surface area contributed by atoms with Crippen LogP contribution in [0.5, 0.6) is 0 Å². The minimum atomic E-state index is -0.861. The predicted octanol–water partition coefficient (Wildman–Crippen LogP) is 2.08. The quantitative estimate of drug-likeness (QED) is 0.866. The average Bonchev–Trinajstić information content (AvgIpc) is 3.02. The van der Waals surface area contributed by atoms with Gasteiger partial charge in [-0.3, -0.25) is 4.90 Å². The molecule has 2 heterocycles. The van der Waals surface area contributed by atoms with E-state index in [1.165, 1.54) is 0 Å². The second-order valence-electron chi connectivity index (χ2n) is 6.11. The Hall–Kier alpha value is -0.910. The summed E-state index contributed by atoms with van der Waals surface area (Å²) in [5, 5.41) is 9.46. The van der Waals surface area contributed by atoms with Crippen molar-refractivity contribution < 1.29 is 14.7 Å². The summed E-state index contributed by atoms with van der Waals surface area (Å²) < 4.78 is 0. The molecule has 0 bridgehead atoms. The van der Waals surface area contributed by atoms with Crippen LogP contribution in [-0.4, -0.2) is 57.2 Å². The van der Waals surface area contributed by atoms with Gasteiger partial charge in [-0.2, -0.15) is 0 Å². The van der Waals surface area contributed by atoms with E-state index >= 15 is 0 Å². The summed E-state index contributed by atoms with van der Waals surface area (Å²) in [7, 11) is 0. The standard InChI is InChI=1S/C14H22N2O3S/c1-2-9-5-6-15(7-9)14(19)16-11(13(17)18)8-20-12(16)10-3-4-10/h9-12H,2-8H2,1H3,(H,17,18). The molecule has 112 valence electrons.